The average molecular weight is 353 g/mol. The van der Waals surface area contributed by atoms with E-state index in [0.717, 1.165) is 16.3 Å². The molecule has 2 rings (SSSR count). The summed E-state index contributed by atoms with van der Waals surface area (Å²) in [5.74, 6) is -1.78. The van der Waals surface area contributed by atoms with Crippen molar-refractivity contribution < 1.29 is 19.1 Å². The molecule has 3 N–H and O–H groups in total. The summed E-state index contributed by atoms with van der Waals surface area (Å²) in [6.45, 7) is 4.94. The van der Waals surface area contributed by atoms with Crippen LogP contribution in [0.15, 0.2) is 11.4 Å². The molecule has 0 aliphatic rings. The van der Waals surface area contributed by atoms with Gasteiger partial charge in [-0.25, -0.2) is 9.78 Å². The molecule has 0 spiro atoms. The van der Waals surface area contributed by atoms with E-state index < -0.39 is 23.9 Å². The zero-order valence-corrected chi connectivity index (χ0v) is 14.3. The van der Waals surface area contributed by atoms with E-state index in [4.69, 9.17) is 10.5 Å². The molecule has 0 aromatic carbocycles. The number of aromatic nitrogens is 1. The Morgan fingerprint density at radius 1 is 1.35 bits per heavy atom. The molecule has 23 heavy (non-hydrogen) atoms. The second kappa shape index (κ2) is 6.88. The molecule has 7 nitrogen and oxygen atoms in total. The lowest BCUT2D eigenvalue weighted by atomic mass is 10.3. The van der Waals surface area contributed by atoms with Crippen LogP contribution in [0.4, 0.5) is 5.00 Å². The predicted octanol–water partition coefficient (Wildman–Crippen LogP) is 2.10. The number of esters is 1. The standard InChI is InChI=1S/C14H15N3O4S2/c1-6-10(23-8(3)16-6)14(20)21-7(2)12(19)17-13-9(11(15)18)4-5-22-13/h4-5,7H,1-3H3,(H2,15,18)(H,17,19)/t7-/m0/s1. The summed E-state index contributed by atoms with van der Waals surface area (Å²) in [6.07, 6.45) is -1.02. The molecule has 2 amide bonds. The topological polar surface area (TPSA) is 111 Å². The Kier molecular flexibility index (Phi) is 5.12. The molecule has 0 fully saturated rings. The Morgan fingerprint density at radius 3 is 2.61 bits per heavy atom. The number of ether oxygens (including phenoxy) is 1. The zero-order chi connectivity index (χ0) is 17.1. The number of thiazole rings is 1. The number of rotatable bonds is 5. The van der Waals surface area contributed by atoms with Crippen LogP contribution in [-0.2, 0) is 9.53 Å². The van der Waals surface area contributed by atoms with Gasteiger partial charge in [-0.3, -0.25) is 9.59 Å². The third-order valence-corrected chi connectivity index (χ3v) is 4.79. The van der Waals surface area contributed by atoms with Crippen molar-refractivity contribution in [3.8, 4) is 0 Å². The minimum atomic E-state index is -1.02. The van der Waals surface area contributed by atoms with E-state index in [9.17, 15) is 14.4 Å². The maximum atomic E-state index is 12.1. The van der Waals surface area contributed by atoms with E-state index in [0.29, 0.717) is 15.6 Å². The average Bonchev–Trinajstić information content (AvgIpc) is 3.04. The fourth-order valence-corrected chi connectivity index (χ4v) is 3.40. The number of primary amides is 1. The van der Waals surface area contributed by atoms with Crippen LogP contribution in [0.25, 0.3) is 0 Å². The number of nitrogens with zero attached hydrogens (tertiary/aromatic N) is 1. The lowest BCUT2D eigenvalue weighted by Gasteiger charge is -2.12. The highest BCUT2D eigenvalue weighted by Crippen LogP contribution is 2.23. The van der Waals surface area contributed by atoms with E-state index >= 15 is 0 Å². The Morgan fingerprint density at radius 2 is 2.04 bits per heavy atom. The van der Waals surface area contributed by atoms with Crippen molar-refractivity contribution in [1.82, 2.24) is 4.98 Å². The summed E-state index contributed by atoms with van der Waals surface area (Å²) < 4.78 is 5.15. The van der Waals surface area contributed by atoms with Gasteiger partial charge in [-0.05, 0) is 32.2 Å². The highest BCUT2D eigenvalue weighted by atomic mass is 32.1. The smallest absolute Gasteiger partial charge is 0.351 e. The van der Waals surface area contributed by atoms with E-state index in [1.54, 1.807) is 19.2 Å². The molecule has 2 heterocycles. The molecular weight excluding hydrogens is 338 g/mol. The minimum absolute atomic E-state index is 0.218. The molecule has 0 bridgehead atoms. The summed E-state index contributed by atoms with van der Waals surface area (Å²) in [4.78, 5) is 39.9. The van der Waals surface area contributed by atoms with Gasteiger partial charge in [-0.2, -0.15) is 0 Å². The molecule has 9 heteroatoms. The van der Waals surface area contributed by atoms with Crippen LogP contribution < -0.4 is 11.1 Å². The van der Waals surface area contributed by atoms with E-state index in [1.165, 1.54) is 24.3 Å². The zero-order valence-electron chi connectivity index (χ0n) is 12.7. The van der Waals surface area contributed by atoms with Crippen molar-refractivity contribution in [1.29, 1.82) is 0 Å². The number of thiophene rings is 1. The molecule has 0 saturated heterocycles. The molecule has 1 atom stereocenters. The number of anilines is 1. The first-order valence-corrected chi connectivity index (χ1v) is 8.32. The first kappa shape index (κ1) is 17.1. The van der Waals surface area contributed by atoms with Gasteiger partial charge in [0.25, 0.3) is 11.8 Å². The highest BCUT2D eigenvalue weighted by molar-refractivity contribution is 7.14. The summed E-state index contributed by atoms with van der Waals surface area (Å²) in [6, 6.07) is 1.52. The van der Waals surface area contributed by atoms with Crippen LogP contribution in [0.2, 0.25) is 0 Å². The Labute approximate surface area is 140 Å². The van der Waals surface area contributed by atoms with Crippen molar-refractivity contribution in [2.75, 3.05) is 5.32 Å². The number of amides is 2. The summed E-state index contributed by atoms with van der Waals surface area (Å²) >= 11 is 2.37. The first-order chi connectivity index (χ1) is 10.8. The fraction of sp³-hybridized carbons (Fsp3) is 0.286. The van der Waals surface area contributed by atoms with Crippen LogP contribution in [-0.4, -0.2) is 28.9 Å². The Hall–Kier alpha value is -2.26. The van der Waals surface area contributed by atoms with Crippen molar-refractivity contribution in [2.45, 2.75) is 26.9 Å². The van der Waals surface area contributed by atoms with Gasteiger partial charge in [0.15, 0.2) is 6.10 Å². The largest absolute Gasteiger partial charge is 0.448 e. The predicted molar refractivity (Wildman–Crippen MR) is 87.9 cm³/mol. The minimum Gasteiger partial charge on any atom is -0.448 e. The van der Waals surface area contributed by atoms with E-state index in [-0.39, 0.29) is 5.56 Å². The molecule has 0 saturated carbocycles. The maximum Gasteiger partial charge on any atom is 0.351 e. The SMILES string of the molecule is Cc1nc(C)c(C(=O)O[C@@H](C)C(=O)Nc2sccc2C(N)=O)s1. The number of hydrogen-bond acceptors (Lipinski definition) is 7. The molecule has 122 valence electrons. The third-order valence-electron chi connectivity index (χ3n) is 2.91. The van der Waals surface area contributed by atoms with Gasteiger partial charge in [-0.1, -0.05) is 0 Å². The van der Waals surface area contributed by atoms with Gasteiger partial charge in [-0.15, -0.1) is 22.7 Å². The lowest BCUT2D eigenvalue weighted by Crippen LogP contribution is -2.30. The summed E-state index contributed by atoms with van der Waals surface area (Å²) in [5.41, 5.74) is 6.00. The van der Waals surface area contributed by atoms with E-state index in [1.807, 2.05) is 0 Å². The molecule has 2 aromatic rings. The molecule has 0 radical (unpaired) electrons. The second-order valence-electron chi connectivity index (χ2n) is 4.71. The quantitative estimate of drug-likeness (QED) is 0.800. The summed E-state index contributed by atoms with van der Waals surface area (Å²) in [5, 5.41) is 5.25. The van der Waals surface area contributed by atoms with Gasteiger partial charge in [0, 0.05) is 0 Å². The van der Waals surface area contributed by atoms with Crippen LogP contribution in [0, 0.1) is 13.8 Å². The highest BCUT2D eigenvalue weighted by Gasteiger charge is 2.23. The van der Waals surface area contributed by atoms with Gasteiger partial charge in [0.2, 0.25) is 0 Å². The van der Waals surface area contributed by atoms with Crippen LogP contribution in [0.3, 0.4) is 0 Å². The van der Waals surface area contributed by atoms with Crippen molar-refractivity contribution >= 4 is 45.5 Å². The number of carbonyl (C=O) groups excluding carboxylic acids is 3. The third kappa shape index (κ3) is 3.93. The maximum absolute atomic E-state index is 12.1. The summed E-state index contributed by atoms with van der Waals surface area (Å²) in [7, 11) is 0. The van der Waals surface area contributed by atoms with Crippen LogP contribution in [0.5, 0.6) is 0 Å². The normalized spacial score (nSPS) is 11.8. The lowest BCUT2D eigenvalue weighted by molar-refractivity contribution is -0.123. The van der Waals surface area contributed by atoms with Crippen molar-refractivity contribution in [3.05, 3.63) is 32.6 Å². The number of nitrogens with one attached hydrogen (secondary N) is 1. The van der Waals surface area contributed by atoms with Crippen LogP contribution >= 0.6 is 22.7 Å². The number of aryl methyl sites for hydroxylation is 2. The van der Waals surface area contributed by atoms with Gasteiger partial charge in [0.1, 0.15) is 9.88 Å². The van der Waals surface area contributed by atoms with Crippen molar-refractivity contribution in [2.24, 2.45) is 5.73 Å². The fourth-order valence-electron chi connectivity index (χ4n) is 1.80. The van der Waals surface area contributed by atoms with Gasteiger partial charge in [0.05, 0.1) is 16.3 Å². The van der Waals surface area contributed by atoms with E-state index in [2.05, 4.69) is 10.3 Å². The number of hydrogen-bond donors (Lipinski definition) is 2. The van der Waals surface area contributed by atoms with Gasteiger partial charge >= 0.3 is 5.97 Å². The molecule has 0 aliphatic heterocycles. The molecule has 0 unspecified atom stereocenters. The Bertz CT molecular complexity index is 766. The monoisotopic (exact) mass is 353 g/mol. The molecular formula is C14H15N3O4S2. The van der Waals surface area contributed by atoms with Gasteiger partial charge < -0.3 is 15.8 Å². The molecule has 0 aliphatic carbocycles. The first-order valence-electron chi connectivity index (χ1n) is 6.62. The number of carbonyl (C=O) groups is 3. The number of nitrogens with two attached hydrogens (primary N) is 1. The second-order valence-corrected chi connectivity index (χ2v) is 6.83. The molecule has 2 aromatic heterocycles. The Balaban J connectivity index is 2.02. The van der Waals surface area contributed by atoms with Crippen LogP contribution in [0.1, 0.15) is 37.7 Å². The van der Waals surface area contributed by atoms with Crippen molar-refractivity contribution in [3.63, 3.8) is 0 Å².